The number of sulfonamides is 1. The van der Waals surface area contributed by atoms with E-state index in [1.165, 1.54) is 19.2 Å². The minimum atomic E-state index is -3.89. The van der Waals surface area contributed by atoms with Crippen molar-refractivity contribution >= 4 is 49.9 Å². The summed E-state index contributed by atoms with van der Waals surface area (Å²) in [6.45, 7) is 1.31. The molecule has 0 atom stereocenters. The van der Waals surface area contributed by atoms with Gasteiger partial charge in [-0.1, -0.05) is 11.6 Å². The fourth-order valence-electron chi connectivity index (χ4n) is 2.27. The molecule has 0 aliphatic rings. The second-order valence-electron chi connectivity index (χ2n) is 5.41. The first-order valence-electron chi connectivity index (χ1n) is 8.04. The summed E-state index contributed by atoms with van der Waals surface area (Å²) >= 11 is 6.75. The molecule has 0 amide bonds. The molecule has 2 rings (SSSR count). The Morgan fingerprint density at radius 3 is 2.59 bits per heavy atom. The standard InChI is InChI=1S/C17H16ClN3O6S2/c1-3-26-17(23)14-11(10(7-19)15(20)28-14)8-27-16(22)9-4-5-12(18)13(6-9)29(24,25)21-2/h4-6,21H,3,8,20H2,1-2H3. The van der Waals surface area contributed by atoms with Crippen LogP contribution in [0.4, 0.5) is 5.00 Å². The minimum absolute atomic E-state index is 0.0143. The number of hydrogen-bond acceptors (Lipinski definition) is 9. The van der Waals surface area contributed by atoms with Gasteiger partial charge in [0.25, 0.3) is 0 Å². The van der Waals surface area contributed by atoms with Crippen molar-refractivity contribution in [3.8, 4) is 6.07 Å². The predicted octanol–water partition coefficient (Wildman–Crippen LogP) is 2.30. The summed E-state index contributed by atoms with van der Waals surface area (Å²) in [6.07, 6.45) is 0. The van der Waals surface area contributed by atoms with Gasteiger partial charge in [-0.2, -0.15) is 5.26 Å². The molecule has 12 heteroatoms. The summed E-state index contributed by atoms with van der Waals surface area (Å²) in [5, 5.41) is 9.31. The number of nitrogens with zero attached hydrogens (tertiary/aromatic N) is 1. The van der Waals surface area contributed by atoms with Crippen LogP contribution in [0.5, 0.6) is 0 Å². The monoisotopic (exact) mass is 457 g/mol. The molecule has 0 aliphatic carbocycles. The number of esters is 2. The van der Waals surface area contributed by atoms with Crippen molar-refractivity contribution in [2.75, 3.05) is 19.4 Å². The number of thiophene rings is 1. The second-order valence-corrected chi connectivity index (χ2v) is 8.72. The van der Waals surface area contributed by atoms with E-state index in [2.05, 4.69) is 4.72 Å². The summed E-state index contributed by atoms with van der Waals surface area (Å²) in [5.74, 6) is -1.57. The molecule has 0 spiro atoms. The highest BCUT2D eigenvalue weighted by Crippen LogP contribution is 2.32. The topological polar surface area (TPSA) is 149 Å². The summed E-state index contributed by atoms with van der Waals surface area (Å²) < 4.78 is 36.2. The van der Waals surface area contributed by atoms with Gasteiger partial charge in [0.05, 0.1) is 22.8 Å². The molecule has 3 N–H and O–H groups in total. The molecule has 1 aromatic carbocycles. The van der Waals surface area contributed by atoms with E-state index in [4.69, 9.17) is 26.8 Å². The SMILES string of the molecule is CCOC(=O)c1sc(N)c(C#N)c1COC(=O)c1ccc(Cl)c(S(=O)(=O)NC)c1. The molecule has 0 bridgehead atoms. The Kier molecular flexibility index (Phi) is 7.21. The van der Waals surface area contributed by atoms with Gasteiger partial charge in [-0.05, 0) is 32.2 Å². The molecule has 0 aliphatic heterocycles. The number of anilines is 1. The van der Waals surface area contributed by atoms with Crippen molar-refractivity contribution in [2.24, 2.45) is 0 Å². The van der Waals surface area contributed by atoms with Crippen LogP contribution in [0.3, 0.4) is 0 Å². The highest BCUT2D eigenvalue weighted by Gasteiger charge is 2.25. The molecule has 2 aromatic rings. The predicted molar refractivity (Wildman–Crippen MR) is 106 cm³/mol. The Morgan fingerprint density at radius 1 is 1.31 bits per heavy atom. The fourth-order valence-corrected chi connectivity index (χ4v) is 4.44. The Morgan fingerprint density at radius 2 is 2.00 bits per heavy atom. The van der Waals surface area contributed by atoms with Crippen molar-refractivity contribution in [1.29, 1.82) is 5.26 Å². The average molecular weight is 458 g/mol. The molecule has 9 nitrogen and oxygen atoms in total. The maximum Gasteiger partial charge on any atom is 0.348 e. The van der Waals surface area contributed by atoms with Crippen molar-refractivity contribution in [1.82, 2.24) is 4.72 Å². The number of halogens is 1. The van der Waals surface area contributed by atoms with Crippen molar-refractivity contribution in [3.63, 3.8) is 0 Å². The van der Waals surface area contributed by atoms with E-state index in [1.54, 1.807) is 6.92 Å². The number of hydrogen-bond donors (Lipinski definition) is 2. The lowest BCUT2D eigenvalue weighted by atomic mass is 10.1. The summed E-state index contributed by atoms with van der Waals surface area (Å²) in [7, 11) is -2.69. The van der Waals surface area contributed by atoms with Gasteiger partial charge >= 0.3 is 11.9 Å². The van der Waals surface area contributed by atoms with Crippen LogP contribution in [0, 0.1) is 11.3 Å². The maximum atomic E-state index is 12.4. The Balaban J connectivity index is 2.32. The molecule has 0 unspecified atom stereocenters. The lowest BCUT2D eigenvalue weighted by molar-refractivity contribution is 0.0452. The van der Waals surface area contributed by atoms with Gasteiger partial charge in [-0.15, -0.1) is 11.3 Å². The number of nitriles is 1. The van der Waals surface area contributed by atoms with Crippen LogP contribution >= 0.6 is 22.9 Å². The van der Waals surface area contributed by atoms with Gasteiger partial charge in [0.1, 0.15) is 27.4 Å². The molecule has 1 heterocycles. The number of nitrogen functional groups attached to an aromatic ring is 1. The van der Waals surface area contributed by atoms with Crippen LogP contribution in [-0.2, 0) is 26.1 Å². The number of rotatable bonds is 7. The molecule has 0 saturated carbocycles. The molecular formula is C17H16ClN3O6S2. The van der Waals surface area contributed by atoms with Crippen LogP contribution in [0.1, 0.15) is 38.1 Å². The highest BCUT2D eigenvalue weighted by molar-refractivity contribution is 7.89. The Hall–Kier alpha value is -2.65. The van der Waals surface area contributed by atoms with Gasteiger partial charge in [0, 0.05) is 5.56 Å². The second kappa shape index (κ2) is 9.23. The normalized spacial score (nSPS) is 11.0. The van der Waals surface area contributed by atoms with Gasteiger partial charge in [0.15, 0.2) is 0 Å². The van der Waals surface area contributed by atoms with Crippen molar-refractivity contribution < 1.29 is 27.5 Å². The molecule has 0 saturated heterocycles. The molecule has 29 heavy (non-hydrogen) atoms. The zero-order valence-corrected chi connectivity index (χ0v) is 17.7. The number of carbonyl (C=O) groups excluding carboxylic acids is 2. The van der Waals surface area contributed by atoms with Crippen LogP contribution in [0.25, 0.3) is 0 Å². The summed E-state index contributed by atoms with van der Waals surface area (Å²) in [6, 6.07) is 5.47. The van der Waals surface area contributed by atoms with Crippen molar-refractivity contribution in [2.45, 2.75) is 18.4 Å². The highest BCUT2D eigenvalue weighted by atomic mass is 35.5. The summed E-state index contributed by atoms with van der Waals surface area (Å²) in [5.41, 5.74) is 5.82. The molecule has 1 aromatic heterocycles. The van der Waals surface area contributed by atoms with E-state index >= 15 is 0 Å². The van der Waals surface area contributed by atoms with E-state index in [-0.39, 0.29) is 43.1 Å². The maximum absolute atomic E-state index is 12.4. The zero-order valence-electron chi connectivity index (χ0n) is 15.3. The van der Waals surface area contributed by atoms with Gasteiger partial charge in [-0.25, -0.2) is 22.7 Å². The number of nitrogens with two attached hydrogens (primary N) is 1. The first-order valence-corrected chi connectivity index (χ1v) is 10.7. The van der Waals surface area contributed by atoms with Gasteiger partial charge in [-0.3, -0.25) is 0 Å². The molecule has 154 valence electrons. The van der Waals surface area contributed by atoms with E-state index in [0.29, 0.717) is 0 Å². The Labute approximate surface area is 176 Å². The van der Waals surface area contributed by atoms with E-state index < -0.39 is 28.6 Å². The first kappa shape index (κ1) is 22.6. The van der Waals surface area contributed by atoms with Gasteiger partial charge in [0.2, 0.25) is 10.0 Å². The third-order valence-corrected chi connectivity index (χ3v) is 6.62. The van der Waals surface area contributed by atoms with E-state index in [9.17, 15) is 23.3 Å². The van der Waals surface area contributed by atoms with Crippen LogP contribution in [0.2, 0.25) is 5.02 Å². The zero-order chi connectivity index (χ0) is 21.8. The number of ether oxygens (including phenoxy) is 2. The first-order chi connectivity index (χ1) is 13.7. The lowest BCUT2D eigenvalue weighted by Crippen LogP contribution is -2.19. The molecule has 0 radical (unpaired) electrons. The molecular weight excluding hydrogens is 442 g/mol. The smallest absolute Gasteiger partial charge is 0.348 e. The van der Waals surface area contributed by atoms with Crippen LogP contribution in [0.15, 0.2) is 23.1 Å². The Bertz CT molecular complexity index is 1110. The quantitative estimate of drug-likeness (QED) is 0.601. The summed E-state index contributed by atoms with van der Waals surface area (Å²) in [4.78, 5) is 24.3. The third-order valence-electron chi connectivity index (χ3n) is 3.68. The third kappa shape index (κ3) is 4.86. The number of carbonyl (C=O) groups is 2. The lowest BCUT2D eigenvalue weighted by Gasteiger charge is -2.09. The largest absolute Gasteiger partial charge is 0.462 e. The minimum Gasteiger partial charge on any atom is -0.462 e. The van der Waals surface area contributed by atoms with Gasteiger partial charge < -0.3 is 15.2 Å². The van der Waals surface area contributed by atoms with Crippen LogP contribution in [-0.4, -0.2) is 34.0 Å². The number of benzene rings is 1. The average Bonchev–Trinajstić information content (AvgIpc) is 3.01. The van der Waals surface area contributed by atoms with Crippen LogP contribution < -0.4 is 10.5 Å². The van der Waals surface area contributed by atoms with E-state index in [0.717, 1.165) is 17.4 Å². The van der Waals surface area contributed by atoms with Crippen molar-refractivity contribution in [3.05, 3.63) is 44.8 Å². The number of nitrogens with one attached hydrogen (secondary N) is 1. The van der Waals surface area contributed by atoms with E-state index in [1.807, 2.05) is 6.07 Å². The fraction of sp³-hybridized carbons (Fsp3) is 0.235. The molecule has 0 fully saturated rings.